The standard InChI is InChI=1S/C21H21N5O/c22-19-18-20(26(15-23-18)13-11-16-7-3-1-4-8-16)25-21(24-19)27-14-12-17-9-5-2-6-10-17/h1-10,15H,11-14H2,(H2,22,24,25). The average Bonchev–Trinajstić information content (AvgIpc) is 3.12. The predicted octanol–water partition coefficient (Wildman–Crippen LogP) is 3.27. The molecular weight excluding hydrogens is 338 g/mol. The summed E-state index contributed by atoms with van der Waals surface area (Å²) in [6.45, 7) is 1.26. The van der Waals surface area contributed by atoms with Gasteiger partial charge in [-0.15, -0.1) is 0 Å². The van der Waals surface area contributed by atoms with Gasteiger partial charge in [0, 0.05) is 13.0 Å². The van der Waals surface area contributed by atoms with Gasteiger partial charge < -0.3 is 15.0 Å². The molecule has 0 aliphatic rings. The molecule has 0 saturated heterocycles. The number of nitrogens with two attached hydrogens (primary N) is 1. The zero-order valence-electron chi connectivity index (χ0n) is 15.0. The number of rotatable bonds is 7. The zero-order chi connectivity index (χ0) is 18.5. The first-order chi connectivity index (χ1) is 13.3. The van der Waals surface area contributed by atoms with Gasteiger partial charge in [-0.25, -0.2) is 4.98 Å². The van der Waals surface area contributed by atoms with Crippen molar-refractivity contribution in [1.29, 1.82) is 0 Å². The topological polar surface area (TPSA) is 78.8 Å². The number of hydrogen-bond acceptors (Lipinski definition) is 5. The second kappa shape index (κ2) is 7.86. The van der Waals surface area contributed by atoms with Crippen LogP contribution in [0.15, 0.2) is 67.0 Å². The van der Waals surface area contributed by atoms with Crippen molar-refractivity contribution in [2.75, 3.05) is 12.3 Å². The Balaban J connectivity index is 1.47. The van der Waals surface area contributed by atoms with E-state index in [1.165, 1.54) is 11.1 Å². The normalized spacial score (nSPS) is 11.0. The van der Waals surface area contributed by atoms with E-state index < -0.39 is 0 Å². The maximum Gasteiger partial charge on any atom is 0.320 e. The van der Waals surface area contributed by atoms with E-state index in [9.17, 15) is 0 Å². The summed E-state index contributed by atoms with van der Waals surface area (Å²) in [4.78, 5) is 13.1. The highest BCUT2D eigenvalue weighted by Crippen LogP contribution is 2.20. The molecule has 0 spiro atoms. The number of hydrogen-bond donors (Lipinski definition) is 1. The fraction of sp³-hybridized carbons (Fsp3) is 0.190. The van der Waals surface area contributed by atoms with Crippen LogP contribution in [-0.2, 0) is 19.4 Å². The molecule has 6 nitrogen and oxygen atoms in total. The number of aromatic nitrogens is 4. The lowest BCUT2D eigenvalue weighted by Crippen LogP contribution is -2.07. The monoisotopic (exact) mass is 359 g/mol. The van der Waals surface area contributed by atoms with Crippen LogP contribution in [0.3, 0.4) is 0 Å². The van der Waals surface area contributed by atoms with E-state index in [0.717, 1.165) is 19.4 Å². The molecule has 6 heteroatoms. The summed E-state index contributed by atoms with van der Waals surface area (Å²) in [5.74, 6) is 0.341. The minimum absolute atomic E-state index is 0.289. The van der Waals surface area contributed by atoms with Crippen molar-refractivity contribution in [3.05, 3.63) is 78.1 Å². The fourth-order valence-corrected chi connectivity index (χ4v) is 2.97. The lowest BCUT2D eigenvalue weighted by molar-refractivity contribution is 0.297. The minimum atomic E-state index is 0.289. The highest BCUT2D eigenvalue weighted by molar-refractivity contribution is 5.81. The number of nitrogen functional groups attached to an aromatic ring is 1. The van der Waals surface area contributed by atoms with E-state index in [1.54, 1.807) is 6.33 Å². The molecule has 0 fully saturated rings. The molecule has 0 bridgehead atoms. The predicted molar refractivity (Wildman–Crippen MR) is 106 cm³/mol. The molecule has 2 aromatic heterocycles. The van der Waals surface area contributed by atoms with Crippen LogP contribution in [0.4, 0.5) is 5.82 Å². The smallest absolute Gasteiger partial charge is 0.320 e. The molecule has 0 radical (unpaired) electrons. The SMILES string of the molecule is Nc1nc(OCCc2ccccc2)nc2c1ncn2CCc1ccccc1. The Bertz CT molecular complexity index is 1010. The van der Waals surface area contributed by atoms with Crippen LogP contribution in [0.1, 0.15) is 11.1 Å². The van der Waals surface area contributed by atoms with E-state index in [-0.39, 0.29) is 6.01 Å². The van der Waals surface area contributed by atoms with Crippen LogP contribution in [0.5, 0.6) is 6.01 Å². The Kier molecular flexibility index (Phi) is 4.96. The molecule has 0 unspecified atom stereocenters. The van der Waals surface area contributed by atoms with Gasteiger partial charge in [-0.3, -0.25) is 0 Å². The summed E-state index contributed by atoms with van der Waals surface area (Å²) in [5.41, 5.74) is 9.84. The number of aryl methyl sites for hydroxylation is 2. The van der Waals surface area contributed by atoms with E-state index in [4.69, 9.17) is 10.5 Å². The molecule has 0 aliphatic carbocycles. The van der Waals surface area contributed by atoms with Gasteiger partial charge in [-0.2, -0.15) is 9.97 Å². The lowest BCUT2D eigenvalue weighted by atomic mass is 10.1. The molecular formula is C21H21N5O. The first kappa shape index (κ1) is 17.0. The molecule has 4 rings (SSSR count). The summed E-state index contributed by atoms with van der Waals surface area (Å²) in [7, 11) is 0. The zero-order valence-corrected chi connectivity index (χ0v) is 15.0. The van der Waals surface area contributed by atoms with Crippen molar-refractivity contribution in [3.63, 3.8) is 0 Å². The van der Waals surface area contributed by atoms with E-state index in [1.807, 2.05) is 41.0 Å². The number of fused-ring (bicyclic) bond motifs is 1. The lowest BCUT2D eigenvalue weighted by Gasteiger charge is -2.07. The summed E-state index contributed by atoms with van der Waals surface area (Å²) in [6.07, 6.45) is 3.43. The van der Waals surface area contributed by atoms with E-state index >= 15 is 0 Å². The van der Waals surface area contributed by atoms with Crippen LogP contribution in [0, 0.1) is 0 Å². The van der Waals surface area contributed by atoms with Gasteiger partial charge in [-0.1, -0.05) is 60.7 Å². The van der Waals surface area contributed by atoms with Crippen LogP contribution >= 0.6 is 0 Å². The number of anilines is 1. The highest BCUT2D eigenvalue weighted by atomic mass is 16.5. The van der Waals surface area contributed by atoms with Gasteiger partial charge in [0.1, 0.15) is 0 Å². The van der Waals surface area contributed by atoms with Gasteiger partial charge in [-0.05, 0) is 17.5 Å². The summed E-state index contributed by atoms with van der Waals surface area (Å²) in [5, 5.41) is 0. The van der Waals surface area contributed by atoms with Crippen molar-refractivity contribution in [1.82, 2.24) is 19.5 Å². The Morgan fingerprint density at radius 3 is 2.22 bits per heavy atom. The Morgan fingerprint density at radius 1 is 0.852 bits per heavy atom. The number of imidazole rings is 1. The third kappa shape index (κ3) is 4.06. The summed E-state index contributed by atoms with van der Waals surface area (Å²) < 4.78 is 7.73. The molecule has 2 N–H and O–H groups in total. The second-order valence-corrected chi connectivity index (χ2v) is 6.32. The van der Waals surface area contributed by atoms with Crippen LogP contribution < -0.4 is 10.5 Å². The first-order valence-corrected chi connectivity index (χ1v) is 8.98. The molecule has 0 aliphatic heterocycles. The van der Waals surface area contributed by atoms with E-state index in [0.29, 0.717) is 23.6 Å². The van der Waals surface area contributed by atoms with Crippen molar-refractivity contribution >= 4 is 17.0 Å². The van der Waals surface area contributed by atoms with Gasteiger partial charge in [0.15, 0.2) is 17.0 Å². The van der Waals surface area contributed by atoms with Gasteiger partial charge >= 0.3 is 6.01 Å². The second-order valence-electron chi connectivity index (χ2n) is 6.32. The van der Waals surface area contributed by atoms with Crippen molar-refractivity contribution in [2.45, 2.75) is 19.4 Å². The number of nitrogens with zero attached hydrogens (tertiary/aromatic N) is 4. The summed E-state index contributed by atoms with van der Waals surface area (Å²) >= 11 is 0. The Hall–Kier alpha value is -3.41. The molecule has 136 valence electrons. The first-order valence-electron chi connectivity index (χ1n) is 8.98. The maximum absolute atomic E-state index is 6.05. The van der Waals surface area contributed by atoms with E-state index in [2.05, 4.69) is 39.2 Å². The van der Waals surface area contributed by atoms with Crippen LogP contribution in [0.25, 0.3) is 11.2 Å². The molecule has 2 heterocycles. The van der Waals surface area contributed by atoms with Crippen LogP contribution in [0.2, 0.25) is 0 Å². The van der Waals surface area contributed by atoms with Crippen LogP contribution in [-0.4, -0.2) is 26.1 Å². The molecule has 4 aromatic rings. The number of benzene rings is 2. The Labute approximate surface area is 157 Å². The fourth-order valence-electron chi connectivity index (χ4n) is 2.97. The molecule has 27 heavy (non-hydrogen) atoms. The minimum Gasteiger partial charge on any atom is -0.463 e. The average molecular weight is 359 g/mol. The van der Waals surface area contributed by atoms with Crippen molar-refractivity contribution < 1.29 is 4.74 Å². The molecule has 0 saturated carbocycles. The van der Waals surface area contributed by atoms with Crippen molar-refractivity contribution in [2.24, 2.45) is 0 Å². The maximum atomic E-state index is 6.05. The molecule has 0 amide bonds. The third-order valence-electron chi connectivity index (χ3n) is 4.42. The Morgan fingerprint density at radius 2 is 1.52 bits per heavy atom. The third-order valence-corrected chi connectivity index (χ3v) is 4.42. The quantitative estimate of drug-likeness (QED) is 0.548. The summed E-state index contributed by atoms with van der Waals surface area (Å²) in [6, 6.07) is 20.8. The van der Waals surface area contributed by atoms with Crippen molar-refractivity contribution in [3.8, 4) is 6.01 Å². The number of ether oxygens (including phenoxy) is 1. The van der Waals surface area contributed by atoms with Gasteiger partial charge in [0.05, 0.1) is 12.9 Å². The molecule has 0 atom stereocenters. The van der Waals surface area contributed by atoms with Gasteiger partial charge in [0.25, 0.3) is 0 Å². The highest BCUT2D eigenvalue weighted by Gasteiger charge is 2.12. The largest absolute Gasteiger partial charge is 0.463 e. The molecule has 2 aromatic carbocycles. The van der Waals surface area contributed by atoms with Gasteiger partial charge in [0.2, 0.25) is 0 Å².